The number of rotatable bonds is 6. The Morgan fingerprint density at radius 1 is 1.47 bits per heavy atom. The van der Waals surface area contributed by atoms with Crippen molar-refractivity contribution in [3.63, 3.8) is 0 Å². The minimum atomic E-state index is 0.136. The van der Waals surface area contributed by atoms with E-state index in [9.17, 15) is 0 Å². The van der Waals surface area contributed by atoms with E-state index < -0.39 is 0 Å². The number of aryl methyl sites for hydroxylation is 1. The van der Waals surface area contributed by atoms with E-state index in [0.29, 0.717) is 5.25 Å². The van der Waals surface area contributed by atoms with Crippen LogP contribution in [0, 0.1) is 6.92 Å². The topological polar surface area (TPSA) is 39.2 Å². The zero-order valence-corrected chi connectivity index (χ0v) is 10.6. The molecule has 0 fully saturated rings. The molecule has 1 rings (SSSR count). The molecule has 1 heterocycles. The van der Waals surface area contributed by atoms with Crippen LogP contribution in [0.25, 0.3) is 0 Å². The lowest BCUT2D eigenvalue weighted by Gasteiger charge is -2.17. The highest BCUT2D eigenvalue weighted by Gasteiger charge is 2.19. The maximum atomic E-state index is 5.98. The summed E-state index contributed by atoms with van der Waals surface area (Å²) in [4.78, 5) is 0. The molecule has 0 amide bonds. The second-order valence-corrected chi connectivity index (χ2v) is 5.20. The number of furan rings is 1. The molecule has 0 aromatic carbocycles. The van der Waals surface area contributed by atoms with Gasteiger partial charge in [-0.15, -0.1) is 11.8 Å². The van der Waals surface area contributed by atoms with Crippen LogP contribution in [-0.2, 0) is 0 Å². The van der Waals surface area contributed by atoms with Gasteiger partial charge in [-0.3, -0.25) is 0 Å². The van der Waals surface area contributed by atoms with E-state index in [4.69, 9.17) is 10.2 Å². The first-order valence-electron chi connectivity index (χ1n) is 5.58. The summed E-state index contributed by atoms with van der Waals surface area (Å²) in [7, 11) is 0. The van der Waals surface area contributed by atoms with E-state index in [0.717, 1.165) is 17.3 Å². The van der Waals surface area contributed by atoms with Gasteiger partial charge in [0.2, 0.25) is 0 Å². The first-order valence-corrected chi connectivity index (χ1v) is 6.63. The molecule has 0 saturated carbocycles. The number of hydrogen-bond acceptors (Lipinski definition) is 3. The molecule has 0 aliphatic rings. The van der Waals surface area contributed by atoms with Gasteiger partial charge in [0.15, 0.2) is 0 Å². The molecular formula is C12H21NOS. The largest absolute Gasteiger partial charge is 0.465 e. The predicted molar refractivity (Wildman–Crippen MR) is 67.2 cm³/mol. The molecule has 0 aliphatic carbocycles. The molecule has 1 aromatic heterocycles. The van der Waals surface area contributed by atoms with E-state index in [1.807, 2.05) is 37.7 Å². The Bertz CT molecular complexity index is 283. The summed E-state index contributed by atoms with van der Waals surface area (Å²) >= 11 is 1.90. The van der Waals surface area contributed by atoms with Crippen LogP contribution in [0.4, 0.5) is 0 Å². The van der Waals surface area contributed by atoms with Crippen molar-refractivity contribution >= 4 is 11.8 Å². The summed E-state index contributed by atoms with van der Waals surface area (Å²) in [5, 5.41) is 0.297. The van der Waals surface area contributed by atoms with Gasteiger partial charge in [0.25, 0.3) is 0 Å². The lowest BCUT2D eigenvalue weighted by Crippen LogP contribution is -2.22. The minimum Gasteiger partial charge on any atom is -0.465 e. The van der Waals surface area contributed by atoms with Crippen LogP contribution in [0.2, 0.25) is 0 Å². The molecule has 15 heavy (non-hydrogen) atoms. The molecule has 1 aromatic rings. The van der Waals surface area contributed by atoms with Crippen molar-refractivity contribution in [3.05, 3.63) is 23.7 Å². The maximum absolute atomic E-state index is 5.98. The van der Waals surface area contributed by atoms with Crippen LogP contribution >= 0.6 is 11.8 Å². The molecule has 86 valence electrons. The highest BCUT2D eigenvalue weighted by atomic mass is 32.2. The third-order valence-corrected chi connectivity index (χ3v) is 3.86. The van der Waals surface area contributed by atoms with Crippen molar-refractivity contribution < 1.29 is 4.42 Å². The Morgan fingerprint density at radius 2 is 2.20 bits per heavy atom. The van der Waals surface area contributed by atoms with Crippen molar-refractivity contribution in [2.45, 2.75) is 44.9 Å². The van der Waals surface area contributed by atoms with Gasteiger partial charge in [-0.2, -0.15) is 0 Å². The van der Waals surface area contributed by atoms with E-state index in [1.54, 1.807) is 0 Å². The summed E-state index contributed by atoms with van der Waals surface area (Å²) in [5.41, 5.74) is 5.98. The monoisotopic (exact) mass is 227 g/mol. The average Bonchev–Trinajstić information content (AvgIpc) is 2.59. The standard InChI is InChI=1S/C12H21NOS/c1-4-5-8-15-12(10(3)13)11-7-6-9(2)14-11/h6-7,10,12H,4-5,8,13H2,1-3H3. The van der Waals surface area contributed by atoms with Gasteiger partial charge >= 0.3 is 0 Å². The average molecular weight is 227 g/mol. The smallest absolute Gasteiger partial charge is 0.118 e. The third kappa shape index (κ3) is 3.92. The van der Waals surface area contributed by atoms with Crippen LogP contribution in [0.1, 0.15) is 43.5 Å². The van der Waals surface area contributed by atoms with E-state index in [1.165, 1.54) is 12.8 Å². The van der Waals surface area contributed by atoms with E-state index in [2.05, 4.69) is 6.92 Å². The molecule has 0 aliphatic heterocycles. The molecule has 0 radical (unpaired) electrons. The molecule has 2 atom stereocenters. The van der Waals surface area contributed by atoms with Crippen LogP contribution < -0.4 is 5.73 Å². The fraction of sp³-hybridized carbons (Fsp3) is 0.667. The van der Waals surface area contributed by atoms with Crippen molar-refractivity contribution in [1.82, 2.24) is 0 Å². The maximum Gasteiger partial charge on any atom is 0.118 e. The van der Waals surface area contributed by atoms with Crippen molar-refractivity contribution in [2.24, 2.45) is 5.73 Å². The number of thioether (sulfide) groups is 1. The van der Waals surface area contributed by atoms with Crippen LogP contribution in [0.5, 0.6) is 0 Å². The Kier molecular flexibility index (Phi) is 5.26. The molecule has 0 saturated heterocycles. The number of nitrogens with two attached hydrogens (primary N) is 1. The van der Waals surface area contributed by atoms with Gasteiger partial charge in [-0.05, 0) is 38.2 Å². The van der Waals surface area contributed by atoms with Crippen LogP contribution in [-0.4, -0.2) is 11.8 Å². The van der Waals surface area contributed by atoms with Crippen molar-refractivity contribution in [2.75, 3.05) is 5.75 Å². The van der Waals surface area contributed by atoms with Crippen molar-refractivity contribution in [3.8, 4) is 0 Å². The fourth-order valence-corrected chi connectivity index (χ4v) is 2.76. The summed E-state index contributed by atoms with van der Waals surface area (Å²) < 4.78 is 5.64. The zero-order valence-electron chi connectivity index (χ0n) is 9.82. The normalized spacial score (nSPS) is 15.2. The van der Waals surface area contributed by atoms with Gasteiger partial charge in [-0.25, -0.2) is 0 Å². The van der Waals surface area contributed by atoms with Crippen LogP contribution in [0.3, 0.4) is 0 Å². The summed E-state index contributed by atoms with van der Waals surface area (Å²) in [5.74, 6) is 3.14. The molecule has 2 N–H and O–H groups in total. The Labute approximate surface area is 96.6 Å². The number of hydrogen-bond donors (Lipinski definition) is 1. The summed E-state index contributed by atoms with van der Waals surface area (Å²) in [6.07, 6.45) is 2.48. The minimum absolute atomic E-state index is 0.136. The molecule has 0 bridgehead atoms. The van der Waals surface area contributed by atoms with Crippen LogP contribution in [0.15, 0.2) is 16.5 Å². The molecule has 3 heteroatoms. The van der Waals surface area contributed by atoms with Gasteiger partial charge < -0.3 is 10.2 Å². The number of unbranched alkanes of at least 4 members (excludes halogenated alkanes) is 1. The lowest BCUT2D eigenvalue weighted by molar-refractivity contribution is 0.464. The van der Waals surface area contributed by atoms with Gasteiger partial charge in [0.1, 0.15) is 11.5 Å². The zero-order chi connectivity index (χ0) is 11.3. The highest BCUT2D eigenvalue weighted by Crippen LogP contribution is 2.32. The first-order chi connectivity index (χ1) is 7.15. The molecule has 2 unspecified atom stereocenters. The molecular weight excluding hydrogens is 206 g/mol. The highest BCUT2D eigenvalue weighted by molar-refractivity contribution is 7.99. The Hall–Kier alpha value is -0.410. The second kappa shape index (κ2) is 6.23. The van der Waals surface area contributed by atoms with Gasteiger partial charge in [0.05, 0.1) is 5.25 Å². The third-order valence-electron chi connectivity index (χ3n) is 2.31. The molecule has 0 spiro atoms. The SMILES string of the molecule is CCCCSC(c1ccc(C)o1)C(C)N. The second-order valence-electron chi connectivity index (χ2n) is 3.95. The Morgan fingerprint density at radius 3 is 2.67 bits per heavy atom. The van der Waals surface area contributed by atoms with E-state index in [-0.39, 0.29) is 6.04 Å². The van der Waals surface area contributed by atoms with E-state index >= 15 is 0 Å². The fourth-order valence-electron chi connectivity index (χ4n) is 1.45. The van der Waals surface area contributed by atoms with Gasteiger partial charge in [-0.1, -0.05) is 13.3 Å². The summed E-state index contributed by atoms with van der Waals surface area (Å²) in [6.45, 7) is 6.22. The molecule has 2 nitrogen and oxygen atoms in total. The quantitative estimate of drug-likeness (QED) is 0.756. The lowest BCUT2D eigenvalue weighted by atomic mass is 10.2. The Balaban J connectivity index is 2.58. The predicted octanol–water partition coefficient (Wildman–Crippen LogP) is 3.51. The first kappa shape index (κ1) is 12.7. The van der Waals surface area contributed by atoms with Gasteiger partial charge in [0, 0.05) is 6.04 Å². The summed E-state index contributed by atoms with van der Waals surface area (Å²) in [6, 6.07) is 4.19. The van der Waals surface area contributed by atoms with Crippen molar-refractivity contribution in [1.29, 1.82) is 0 Å².